The maximum Gasteiger partial charge on any atom is 0.410 e. The highest BCUT2D eigenvalue weighted by Gasteiger charge is 2.26. The van der Waals surface area contributed by atoms with Crippen LogP contribution in [0, 0.1) is 0 Å². The van der Waals surface area contributed by atoms with E-state index in [1.54, 1.807) is 36.2 Å². The molecule has 4 rings (SSSR count). The largest absolute Gasteiger partial charge is 0.497 e. The second-order valence-corrected chi connectivity index (χ2v) is 9.08. The van der Waals surface area contributed by atoms with E-state index >= 15 is 0 Å². The summed E-state index contributed by atoms with van der Waals surface area (Å²) in [6.45, 7) is 4.60. The molecule has 0 radical (unpaired) electrons. The molecule has 0 spiro atoms. The molecule has 0 bridgehead atoms. The van der Waals surface area contributed by atoms with Gasteiger partial charge in [-0.25, -0.2) is 4.79 Å². The number of hydrogen-bond donors (Lipinski definition) is 1. The molecule has 0 saturated carbocycles. The second-order valence-electron chi connectivity index (χ2n) is 9.08. The van der Waals surface area contributed by atoms with Crippen molar-refractivity contribution in [1.82, 2.24) is 15.1 Å². The van der Waals surface area contributed by atoms with Crippen LogP contribution < -0.4 is 19.5 Å². The lowest BCUT2D eigenvalue weighted by molar-refractivity contribution is 0.0508. The van der Waals surface area contributed by atoms with Crippen LogP contribution in [-0.2, 0) is 11.3 Å². The Labute approximate surface area is 228 Å². The van der Waals surface area contributed by atoms with Gasteiger partial charge in [0.15, 0.2) is 17.3 Å². The third-order valence-corrected chi connectivity index (χ3v) is 6.56. The zero-order valence-corrected chi connectivity index (χ0v) is 22.6. The van der Waals surface area contributed by atoms with Crippen molar-refractivity contribution in [2.75, 3.05) is 53.6 Å². The molecule has 1 aromatic heterocycles. The normalized spacial score (nSPS) is 14.0. The molecule has 39 heavy (non-hydrogen) atoms. The van der Waals surface area contributed by atoms with Crippen molar-refractivity contribution in [3.05, 3.63) is 77.7 Å². The number of methoxy groups -OCH3 is 2. The zero-order valence-electron chi connectivity index (χ0n) is 22.6. The SMILES string of the molecule is COc1cccc([C@H](C)NCc2ccc(OC)c(OCCOC(=O)N3CCN(C(=O)c4ccco4)CC3)c2)c1. The van der Waals surface area contributed by atoms with Gasteiger partial charge in [0, 0.05) is 38.8 Å². The smallest absolute Gasteiger partial charge is 0.410 e. The fraction of sp³-hybridized carbons (Fsp3) is 0.379. The van der Waals surface area contributed by atoms with E-state index < -0.39 is 6.09 Å². The predicted octanol–water partition coefficient (Wildman–Crippen LogP) is 4.12. The maximum atomic E-state index is 12.5. The van der Waals surface area contributed by atoms with Gasteiger partial charge in [-0.2, -0.15) is 0 Å². The van der Waals surface area contributed by atoms with Crippen molar-refractivity contribution in [3.63, 3.8) is 0 Å². The van der Waals surface area contributed by atoms with Gasteiger partial charge >= 0.3 is 6.09 Å². The molecule has 208 valence electrons. The summed E-state index contributed by atoms with van der Waals surface area (Å²) in [4.78, 5) is 28.1. The van der Waals surface area contributed by atoms with Crippen LogP contribution in [0.15, 0.2) is 65.3 Å². The summed E-state index contributed by atoms with van der Waals surface area (Å²) in [5, 5.41) is 3.51. The number of amides is 2. The van der Waals surface area contributed by atoms with Crippen LogP contribution in [0.25, 0.3) is 0 Å². The Bertz CT molecular complexity index is 1220. The van der Waals surface area contributed by atoms with E-state index in [4.69, 9.17) is 23.4 Å². The van der Waals surface area contributed by atoms with Crippen molar-refractivity contribution in [2.24, 2.45) is 0 Å². The number of rotatable bonds is 11. The average Bonchev–Trinajstić information content (AvgIpc) is 3.53. The van der Waals surface area contributed by atoms with E-state index in [0.29, 0.717) is 50.0 Å². The Balaban J connectivity index is 1.21. The summed E-state index contributed by atoms with van der Waals surface area (Å²) < 4.78 is 27.2. The maximum absolute atomic E-state index is 12.5. The third kappa shape index (κ3) is 7.44. The first-order chi connectivity index (χ1) is 19.0. The zero-order chi connectivity index (χ0) is 27.6. The monoisotopic (exact) mass is 537 g/mol. The minimum Gasteiger partial charge on any atom is -0.497 e. The van der Waals surface area contributed by atoms with Gasteiger partial charge in [-0.15, -0.1) is 0 Å². The van der Waals surface area contributed by atoms with Crippen LogP contribution in [-0.4, -0.2) is 75.4 Å². The molecule has 1 fully saturated rings. The van der Waals surface area contributed by atoms with Crippen LogP contribution in [0.5, 0.6) is 17.2 Å². The number of carbonyl (C=O) groups excluding carboxylic acids is 2. The first-order valence-corrected chi connectivity index (χ1v) is 12.9. The summed E-state index contributed by atoms with van der Waals surface area (Å²) >= 11 is 0. The number of furan rings is 1. The molecule has 2 aromatic carbocycles. The quantitative estimate of drug-likeness (QED) is 0.365. The van der Waals surface area contributed by atoms with Crippen molar-refractivity contribution < 1.29 is 33.0 Å². The van der Waals surface area contributed by atoms with Crippen LogP contribution >= 0.6 is 0 Å². The van der Waals surface area contributed by atoms with Gasteiger partial charge in [-0.1, -0.05) is 18.2 Å². The lowest BCUT2D eigenvalue weighted by atomic mass is 10.1. The number of hydrogen-bond acceptors (Lipinski definition) is 8. The van der Waals surface area contributed by atoms with Gasteiger partial charge in [0.05, 0.1) is 20.5 Å². The van der Waals surface area contributed by atoms with Gasteiger partial charge in [-0.3, -0.25) is 4.79 Å². The van der Waals surface area contributed by atoms with E-state index in [1.165, 1.54) is 6.26 Å². The molecule has 1 aliphatic heterocycles. The number of nitrogens with one attached hydrogen (secondary N) is 1. The van der Waals surface area contributed by atoms with Gasteiger partial charge in [-0.05, 0) is 54.4 Å². The van der Waals surface area contributed by atoms with Crippen molar-refractivity contribution >= 4 is 12.0 Å². The molecule has 10 nitrogen and oxygen atoms in total. The number of benzene rings is 2. The highest BCUT2D eigenvalue weighted by molar-refractivity contribution is 5.91. The highest BCUT2D eigenvalue weighted by Crippen LogP contribution is 2.28. The molecule has 1 atom stereocenters. The van der Waals surface area contributed by atoms with Crippen LogP contribution in [0.3, 0.4) is 0 Å². The summed E-state index contributed by atoms with van der Waals surface area (Å²) in [5.74, 6) is 2.12. The van der Waals surface area contributed by atoms with E-state index in [1.807, 2.05) is 36.4 Å². The van der Waals surface area contributed by atoms with Crippen molar-refractivity contribution in [1.29, 1.82) is 0 Å². The number of piperazine rings is 1. The lowest BCUT2D eigenvalue weighted by Gasteiger charge is -2.33. The van der Waals surface area contributed by atoms with Gasteiger partial charge in [0.2, 0.25) is 0 Å². The second kappa shape index (κ2) is 13.6. The summed E-state index contributed by atoms with van der Waals surface area (Å²) in [6, 6.07) is 17.2. The first-order valence-electron chi connectivity index (χ1n) is 12.9. The minimum absolute atomic E-state index is 0.0862. The summed E-state index contributed by atoms with van der Waals surface area (Å²) in [7, 11) is 3.24. The van der Waals surface area contributed by atoms with Gasteiger partial charge in [0.1, 0.15) is 19.0 Å². The van der Waals surface area contributed by atoms with E-state index in [9.17, 15) is 9.59 Å². The molecule has 3 aromatic rings. The van der Waals surface area contributed by atoms with E-state index in [2.05, 4.69) is 18.3 Å². The molecular formula is C29H35N3O7. The minimum atomic E-state index is -0.430. The molecule has 2 heterocycles. The molecular weight excluding hydrogens is 502 g/mol. The van der Waals surface area contributed by atoms with Crippen LogP contribution in [0.2, 0.25) is 0 Å². The van der Waals surface area contributed by atoms with Gasteiger partial charge < -0.3 is 38.5 Å². The van der Waals surface area contributed by atoms with Crippen molar-refractivity contribution in [2.45, 2.75) is 19.5 Å². The Morgan fingerprint density at radius 2 is 1.72 bits per heavy atom. The molecule has 1 saturated heterocycles. The van der Waals surface area contributed by atoms with E-state index in [0.717, 1.165) is 16.9 Å². The van der Waals surface area contributed by atoms with Gasteiger partial charge in [0.25, 0.3) is 5.91 Å². The number of nitrogens with zero attached hydrogens (tertiary/aromatic N) is 2. The fourth-order valence-electron chi connectivity index (χ4n) is 4.26. The lowest BCUT2D eigenvalue weighted by Crippen LogP contribution is -2.50. The Morgan fingerprint density at radius 3 is 2.44 bits per heavy atom. The number of carbonyl (C=O) groups is 2. The molecule has 0 unspecified atom stereocenters. The summed E-state index contributed by atoms with van der Waals surface area (Å²) in [6.07, 6.45) is 1.04. The topological polar surface area (TPSA) is 103 Å². The van der Waals surface area contributed by atoms with Crippen LogP contribution in [0.4, 0.5) is 4.79 Å². The van der Waals surface area contributed by atoms with Crippen LogP contribution in [0.1, 0.15) is 34.6 Å². The molecule has 10 heteroatoms. The predicted molar refractivity (Wildman–Crippen MR) is 144 cm³/mol. The molecule has 1 aliphatic rings. The Morgan fingerprint density at radius 1 is 0.923 bits per heavy atom. The van der Waals surface area contributed by atoms with Crippen molar-refractivity contribution in [3.8, 4) is 17.2 Å². The number of ether oxygens (including phenoxy) is 4. The highest BCUT2D eigenvalue weighted by atomic mass is 16.6. The Kier molecular flexibility index (Phi) is 9.69. The molecule has 2 amide bonds. The van der Waals surface area contributed by atoms with E-state index in [-0.39, 0.29) is 25.2 Å². The average molecular weight is 538 g/mol. The molecule has 1 N–H and O–H groups in total. The molecule has 0 aliphatic carbocycles. The fourth-order valence-corrected chi connectivity index (χ4v) is 4.26. The third-order valence-electron chi connectivity index (χ3n) is 6.56. The summed E-state index contributed by atoms with van der Waals surface area (Å²) in [5.41, 5.74) is 2.16. The Hall–Kier alpha value is -4.18. The first kappa shape index (κ1) is 27.8. The standard InChI is InChI=1S/C29H35N3O7/c1-21(23-6-4-7-24(19-23)35-2)30-20-22-9-10-25(36-3)27(18-22)38-16-17-39-29(34)32-13-11-31(12-14-32)28(33)26-8-5-15-37-26/h4-10,15,18-19,21,30H,11-14,16-17,20H2,1-3H3/t21-/m0/s1.